The first-order chi connectivity index (χ1) is 9.61. The predicted molar refractivity (Wildman–Crippen MR) is 83.8 cm³/mol. The highest BCUT2D eigenvalue weighted by atomic mass is 35.5. The maximum atomic E-state index is 6.06. The van der Waals surface area contributed by atoms with Crippen molar-refractivity contribution in [3.63, 3.8) is 0 Å². The first-order valence-electron chi connectivity index (χ1n) is 6.91. The van der Waals surface area contributed by atoms with Crippen molar-refractivity contribution in [1.82, 2.24) is 14.3 Å². The molecule has 0 aliphatic rings. The number of hydrogen-bond acceptors (Lipinski definition) is 1. The zero-order valence-corrected chi connectivity index (χ0v) is 12.8. The van der Waals surface area contributed by atoms with Gasteiger partial charge in [-0.2, -0.15) is 5.10 Å². The number of aryl methyl sites for hydroxylation is 2. The van der Waals surface area contributed by atoms with Crippen LogP contribution in [0, 0.1) is 6.92 Å². The van der Waals surface area contributed by atoms with Crippen molar-refractivity contribution in [2.75, 3.05) is 0 Å². The van der Waals surface area contributed by atoms with Gasteiger partial charge in [0.2, 0.25) is 0 Å². The summed E-state index contributed by atoms with van der Waals surface area (Å²) in [5.74, 6) is 1.15. The van der Waals surface area contributed by atoms with Crippen molar-refractivity contribution in [3.8, 4) is 5.82 Å². The van der Waals surface area contributed by atoms with Crippen molar-refractivity contribution in [2.45, 2.75) is 26.7 Å². The van der Waals surface area contributed by atoms with Crippen LogP contribution in [0.3, 0.4) is 0 Å². The predicted octanol–water partition coefficient (Wildman–Crippen LogP) is 4.28. The summed E-state index contributed by atoms with van der Waals surface area (Å²) in [7, 11) is 2.00. The first kappa shape index (κ1) is 13.3. The van der Waals surface area contributed by atoms with Crippen LogP contribution in [0.1, 0.15) is 24.6 Å². The Hall–Kier alpha value is -1.74. The molecular formula is C16H18ClN3. The SMILES string of the molecule is CCCc1c(C)nn(C)c1-n1ccc2cc(Cl)ccc21. The molecule has 0 spiro atoms. The third-order valence-corrected chi connectivity index (χ3v) is 3.93. The van der Waals surface area contributed by atoms with E-state index in [4.69, 9.17) is 11.6 Å². The number of fused-ring (bicyclic) bond motifs is 1. The smallest absolute Gasteiger partial charge is 0.138 e. The Kier molecular flexibility index (Phi) is 3.30. The minimum absolute atomic E-state index is 0.769. The number of nitrogens with zero attached hydrogens (tertiary/aromatic N) is 3. The molecule has 0 bridgehead atoms. The molecule has 20 heavy (non-hydrogen) atoms. The molecule has 0 atom stereocenters. The summed E-state index contributed by atoms with van der Waals surface area (Å²) in [6.07, 6.45) is 4.25. The first-order valence-corrected chi connectivity index (χ1v) is 7.29. The van der Waals surface area contributed by atoms with E-state index in [1.54, 1.807) is 0 Å². The van der Waals surface area contributed by atoms with E-state index in [1.807, 2.05) is 23.9 Å². The van der Waals surface area contributed by atoms with Crippen LogP contribution in [0.15, 0.2) is 30.5 Å². The van der Waals surface area contributed by atoms with Gasteiger partial charge in [-0.1, -0.05) is 24.9 Å². The van der Waals surface area contributed by atoms with E-state index >= 15 is 0 Å². The number of benzene rings is 1. The van der Waals surface area contributed by atoms with Crippen LogP contribution in [0.25, 0.3) is 16.7 Å². The molecule has 3 rings (SSSR count). The van der Waals surface area contributed by atoms with E-state index in [-0.39, 0.29) is 0 Å². The minimum Gasteiger partial charge on any atom is -0.301 e. The number of hydrogen-bond donors (Lipinski definition) is 0. The molecule has 0 aliphatic carbocycles. The lowest BCUT2D eigenvalue weighted by molar-refractivity contribution is 0.726. The van der Waals surface area contributed by atoms with E-state index in [2.05, 4.69) is 41.8 Å². The molecule has 1 aromatic carbocycles. The summed E-state index contributed by atoms with van der Waals surface area (Å²) in [5.41, 5.74) is 3.59. The van der Waals surface area contributed by atoms with Crippen molar-refractivity contribution >= 4 is 22.5 Å². The summed E-state index contributed by atoms with van der Waals surface area (Å²) in [6.45, 7) is 4.28. The van der Waals surface area contributed by atoms with Gasteiger partial charge in [-0.25, -0.2) is 0 Å². The van der Waals surface area contributed by atoms with Gasteiger partial charge in [0.15, 0.2) is 0 Å². The Balaban J connectivity index is 2.25. The molecule has 2 aromatic heterocycles. The highest BCUT2D eigenvalue weighted by Crippen LogP contribution is 2.27. The molecule has 0 aliphatic heterocycles. The molecule has 0 N–H and O–H groups in total. The maximum Gasteiger partial charge on any atom is 0.138 e. The molecular weight excluding hydrogens is 270 g/mol. The topological polar surface area (TPSA) is 22.8 Å². The summed E-state index contributed by atoms with van der Waals surface area (Å²) >= 11 is 6.06. The van der Waals surface area contributed by atoms with Gasteiger partial charge in [0.1, 0.15) is 5.82 Å². The quantitative estimate of drug-likeness (QED) is 0.705. The third-order valence-electron chi connectivity index (χ3n) is 3.69. The van der Waals surface area contributed by atoms with Gasteiger partial charge in [0.25, 0.3) is 0 Å². The molecule has 3 nitrogen and oxygen atoms in total. The molecule has 4 heteroatoms. The van der Waals surface area contributed by atoms with E-state index in [9.17, 15) is 0 Å². The van der Waals surface area contributed by atoms with Gasteiger partial charge in [-0.15, -0.1) is 0 Å². The fraction of sp³-hybridized carbons (Fsp3) is 0.312. The Bertz CT molecular complexity index is 767. The Morgan fingerprint density at radius 1 is 1.25 bits per heavy atom. The monoisotopic (exact) mass is 287 g/mol. The molecule has 0 saturated heterocycles. The molecule has 0 fully saturated rings. The van der Waals surface area contributed by atoms with Crippen LogP contribution in [-0.2, 0) is 13.5 Å². The van der Waals surface area contributed by atoms with Crippen LogP contribution in [0.5, 0.6) is 0 Å². The lowest BCUT2D eigenvalue weighted by Crippen LogP contribution is -2.04. The van der Waals surface area contributed by atoms with Crippen molar-refractivity contribution in [2.24, 2.45) is 7.05 Å². The highest BCUT2D eigenvalue weighted by molar-refractivity contribution is 6.31. The van der Waals surface area contributed by atoms with E-state index in [0.717, 1.165) is 40.3 Å². The Morgan fingerprint density at radius 2 is 2.05 bits per heavy atom. The second-order valence-electron chi connectivity index (χ2n) is 5.15. The Labute approximate surface area is 123 Å². The average molecular weight is 288 g/mol. The van der Waals surface area contributed by atoms with Crippen LogP contribution >= 0.6 is 11.6 Å². The van der Waals surface area contributed by atoms with Crippen molar-refractivity contribution in [3.05, 3.63) is 46.7 Å². The van der Waals surface area contributed by atoms with E-state index < -0.39 is 0 Å². The number of aromatic nitrogens is 3. The van der Waals surface area contributed by atoms with Gasteiger partial charge in [-0.05, 0) is 37.6 Å². The lowest BCUT2D eigenvalue weighted by Gasteiger charge is -2.09. The maximum absolute atomic E-state index is 6.06. The van der Waals surface area contributed by atoms with Crippen LogP contribution in [0.2, 0.25) is 5.02 Å². The standard InChI is InChI=1S/C16H18ClN3/c1-4-5-14-11(2)18-19(3)16(14)20-9-8-12-10-13(17)6-7-15(12)20/h6-10H,4-5H2,1-3H3. The second kappa shape index (κ2) is 4.98. The van der Waals surface area contributed by atoms with E-state index in [0.29, 0.717) is 0 Å². The van der Waals surface area contributed by atoms with Gasteiger partial charge < -0.3 is 4.57 Å². The molecule has 0 radical (unpaired) electrons. The molecule has 0 unspecified atom stereocenters. The molecule has 0 amide bonds. The minimum atomic E-state index is 0.769. The highest BCUT2D eigenvalue weighted by Gasteiger charge is 2.15. The molecule has 2 heterocycles. The van der Waals surface area contributed by atoms with Crippen molar-refractivity contribution < 1.29 is 0 Å². The zero-order chi connectivity index (χ0) is 14.3. The molecule has 3 aromatic rings. The fourth-order valence-corrected chi connectivity index (χ4v) is 3.01. The normalized spacial score (nSPS) is 11.4. The van der Waals surface area contributed by atoms with E-state index in [1.165, 1.54) is 5.56 Å². The fourth-order valence-electron chi connectivity index (χ4n) is 2.83. The zero-order valence-electron chi connectivity index (χ0n) is 12.0. The molecule has 0 saturated carbocycles. The second-order valence-corrected chi connectivity index (χ2v) is 5.59. The summed E-state index contributed by atoms with van der Waals surface area (Å²) in [4.78, 5) is 0. The molecule has 104 valence electrons. The van der Waals surface area contributed by atoms with Crippen LogP contribution in [-0.4, -0.2) is 14.3 Å². The summed E-state index contributed by atoms with van der Waals surface area (Å²) in [6, 6.07) is 8.09. The van der Waals surface area contributed by atoms with Gasteiger partial charge in [0, 0.05) is 29.2 Å². The van der Waals surface area contributed by atoms with Crippen LogP contribution < -0.4 is 0 Å². The van der Waals surface area contributed by atoms with Crippen LogP contribution in [0.4, 0.5) is 0 Å². The Morgan fingerprint density at radius 3 is 2.80 bits per heavy atom. The summed E-state index contributed by atoms with van der Waals surface area (Å²) < 4.78 is 4.17. The van der Waals surface area contributed by atoms with Crippen molar-refractivity contribution in [1.29, 1.82) is 0 Å². The number of halogens is 1. The third kappa shape index (κ3) is 2.02. The average Bonchev–Trinajstić information content (AvgIpc) is 2.91. The van der Waals surface area contributed by atoms with Gasteiger partial charge >= 0.3 is 0 Å². The van der Waals surface area contributed by atoms with Gasteiger partial charge in [0.05, 0.1) is 11.2 Å². The van der Waals surface area contributed by atoms with Gasteiger partial charge in [-0.3, -0.25) is 4.68 Å². The largest absolute Gasteiger partial charge is 0.301 e. The summed E-state index contributed by atoms with van der Waals surface area (Å²) in [5, 5.41) is 6.50. The number of rotatable bonds is 3. The lowest BCUT2D eigenvalue weighted by atomic mass is 10.1.